The van der Waals surface area contributed by atoms with Gasteiger partial charge in [0.25, 0.3) is 5.91 Å². The minimum atomic E-state index is -1.10. The number of fused-ring (bicyclic) bond motifs is 2. The quantitative estimate of drug-likeness (QED) is 0.590. The van der Waals surface area contributed by atoms with E-state index in [2.05, 4.69) is 11.8 Å². The van der Waals surface area contributed by atoms with Gasteiger partial charge in [0.05, 0.1) is 37.9 Å². The van der Waals surface area contributed by atoms with Gasteiger partial charge in [-0.3, -0.25) is 24.3 Å². The average Bonchev–Trinajstić information content (AvgIpc) is 3.57. The topological polar surface area (TPSA) is 71.6 Å². The molecule has 2 amide bonds. The van der Waals surface area contributed by atoms with E-state index in [4.69, 9.17) is 14.2 Å². The number of amides is 2. The molecule has 4 heterocycles. The zero-order chi connectivity index (χ0) is 24.8. The summed E-state index contributed by atoms with van der Waals surface area (Å²) in [4.78, 5) is 32.2. The molecule has 0 aliphatic carbocycles. The summed E-state index contributed by atoms with van der Waals surface area (Å²) in [5.74, 6) is 0.416. The smallest absolute Gasteiger partial charge is 0.269 e. The standard InChI is InChI=1S/C27H31N3O5S/c1-2-15-33-21-9-7-20(8-10-21)30-24(31)18-36-27(30)22-5-3-4-6-23(22)29(25(27)32)19-28-13-11-26(12-14-28)34-16-17-35-26/h3-10H,2,11-19H2,1H3/t27-/m1/s1. The van der Waals surface area contributed by atoms with E-state index in [0.717, 1.165) is 49.4 Å². The number of benzene rings is 2. The summed E-state index contributed by atoms with van der Waals surface area (Å²) in [6.07, 6.45) is 2.49. The van der Waals surface area contributed by atoms with Gasteiger partial charge in [-0.2, -0.15) is 0 Å². The first-order valence-electron chi connectivity index (χ1n) is 12.7. The predicted molar refractivity (Wildman–Crippen MR) is 138 cm³/mol. The summed E-state index contributed by atoms with van der Waals surface area (Å²) in [6, 6.07) is 15.4. The number of ether oxygens (including phenoxy) is 3. The van der Waals surface area contributed by atoms with Crippen molar-refractivity contribution in [3.8, 4) is 5.75 Å². The highest BCUT2D eigenvalue weighted by Gasteiger charge is 2.61. The van der Waals surface area contributed by atoms with Gasteiger partial charge in [0, 0.05) is 37.2 Å². The summed E-state index contributed by atoms with van der Waals surface area (Å²) in [5, 5.41) is 0. The third kappa shape index (κ3) is 3.80. The number of anilines is 2. The second-order valence-electron chi connectivity index (χ2n) is 9.62. The third-order valence-corrected chi connectivity index (χ3v) is 8.79. The second-order valence-corrected chi connectivity index (χ2v) is 10.8. The Morgan fingerprint density at radius 1 is 1.00 bits per heavy atom. The van der Waals surface area contributed by atoms with Crippen LogP contribution >= 0.6 is 11.8 Å². The number of likely N-dealkylation sites (tertiary alicyclic amines) is 1. The van der Waals surface area contributed by atoms with E-state index in [-0.39, 0.29) is 17.6 Å². The highest BCUT2D eigenvalue weighted by molar-refractivity contribution is 8.02. The number of nitrogens with zero attached hydrogens (tertiary/aromatic N) is 3. The summed E-state index contributed by atoms with van der Waals surface area (Å²) in [6.45, 7) is 6.03. The van der Waals surface area contributed by atoms with Crippen molar-refractivity contribution in [2.75, 3.05) is 55.1 Å². The molecule has 2 spiro atoms. The normalized spacial score (nSPS) is 25.4. The monoisotopic (exact) mass is 509 g/mol. The molecular formula is C27H31N3O5S. The molecule has 4 aliphatic heterocycles. The van der Waals surface area contributed by atoms with Crippen LogP contribution in [0.1, 0.15) is 31.7 Å². The Hall–Kier alpha value is -2.59. The maximum absolute atomic E-state index is 14.3. The summed E-state index contributed by atoms with van der Waals surface area (Å²) in [7, 11) is 0. The van der Waals surface area contributed by atoms with E-state index in [1.165, 1.54) is 11.8 Å². The maximum Gasteiger partial charge on any atom is 0.269 e. The zero-order valence-electron chi connectivity index (χ0n) is 20.5. The molecule has 0 N–H and O–H groups in total. The first-order chi connectivity index (χ1) is 17.6. The molecule has 9 heteroatoms. The minimum absolute atomic E-state index is 0.0670. The zero-order valence-corrected chi connectivity index (χ0v) is 21.3. The SMILES string of the molecule is CCCOc1ccc(N2C(=O)CS[C@]23C(=O)N(CN2CCC4(CC2)OCCO4)c2ccccc23)cc1. The van der Waals surface area contributed by atoms with Crippen LogP contribution in [-0.2, 0) is 23.9 Å². The van der Waals surface area contributed by atoms with Gasteiger partial charge < -0.3 is 14.2 Å². The Morgan fingerprint density at radius 3 is 2.44 bits per heavy atom. The molecule has 2 aromatic rings. The first kappa shape index (κ1) is 23.8. The van der Waals surface area contributed by atoms with Crippen LogP contribution in [0.15, 0.2) is 48.5 Å². The minimum Gasteiger partial charge on any atom is -0.494 e. The molecule has 0 aromatic heterocycles. The average molecular weight is 510 g/mol. The van der Waals surface area contributed by atoms with Crippen LogP contribution in [0.25, 0.3) is 0 Å². The van der Waals surface area contributed by atoms with Crippen molar-refractivity contribution in [3.63, 3.8) is 0 Å². The largest absolute Gasteiger partial charge is 0.494 e. The Kier molecular flexibility index (Phi) is 6.19. The lowest BCUT2D eigenvalue weighted by molar-refractivity contribution is -0.185. The number of rotatable bonds is 6. The number of hydrogen-bond donors (Lipinski definition) is 0. The molecule has 8 nitrogen and oxygen atoms in total. The molecule has 1 atom stereocenters. The van der Waals surface area contributed by atoms with Crippen molar-refractivity contribution in [1.82, 2.24) is 4.90 Å². The van der Waals surface area contributed by atoms with Crippen molar-refractivity contribution in [1.29, 1.82) is 0 Å². The first-order valence-corrected chi connectivity index (χ1v) is 13.7. The number of carbonyl (C=O) groups excluding carboxylic acids is 2. The summed E-state index contributed by atoms with van der Waals surface area (Å²) in [5.41, 5.74) is 2.44. The van der Waals surface area contributed by atoms with E-state index in [1.54, 1.807) is 4.90 Å². The number of carbonyl (C=O) groups is 2. The molecule has 2 aromatic carbocycles. The molecule has 3 saturated heterocycles. The van der Waals surface area contributed by atoms with Crippen molar-refractivity contribution < 1.29 is 23.8 Å². The van der Waals surface area contributed by atoms with E-state index in [9.17, 15) is 9.59 Å². The fourth-order valence-electron chi connectivity index (χ4n) is 5.63. The lowest BCUT2D eigenvalue weighted by atomic mass is 10.0. The lowest BCUT2D eigenvalue weighted by Gasteiger charge is -2.39. The Bertz CT molecular complexity index is 1140. The van der Waals surface area contributed by atoms with Gasteiger partial charge in [0.15, 0.2) is 5.79 Å². The van der Waals surface area contributed by atoms with Gasteiger partial charge in [-0.05, 0) is 36.8 Å². The van der Waals surface area contributed by atoms with Crippen molar-refractivity contribution in [3.05, 3.63) is 54.1 Å². The van der Waals surface area contributed by atoms with E-state index >= 15 is 0 Å². The van der Waals surface area contributed by atoms with Gasteiger partial charge in [-0.15, -0.1) is 11.8 Å². The van der Waals surface area contributed by atoms with Gasteiger partial charge in [0.1, 0.15) is 5.75 Å². The van der Waals surface area contributed by atoms with Gasteiger partial charge in [-0.1, -0.05) is 25.1 Å². The molecule has 0 bridgehead atoms. The van der Waals surface area contributed by atoms with Crippen LogP contribution in [0.4, 0.5) is 11.4 Å². The van der Waals surface area contributed by atoms with Crippen LogP contribution in [-0.4, -0.2) is 67.8 Å². The molecule has 6 rings (SSSR count). The fraction of sp³-hybridized carbons (Fsp3) is 0.481. The molecular weight excluding hydrogens is 478 g/mol. The van der Waals surface area contributed by atoms with Crippen molar-refractivity contribution in [2.45, 2.75) is 36.8 Å². The van der Waals surface area contributed by atoms with Gasteiger partial charge in [-0.25, -0.2) is 0 Å². The molecule has 0 saturated carbocycles. The van der Waals surface area contributed by atoms with Crippen LogP contribution in [0.2, 0.25) is 0 Å². The number of para-hydroxylation sites is 1. The van der Waals surface area contributed by atoms with E-state index in [1.807, 2.05) is 53.4 Å². The lowest BCUT2D eigenvalue weighted by Crippen LogP contribution is -2.53. The van der Waals surface area contributed by atoms with Crippen LogP contribution in [0.3, 0.4) is 0 Å². The third-order valence-electron chi connectivity index (χ3n) is 7.40. The summed E-state index contributed by atoms with van der Waals surface area (Å²) >= 11 is 1.41. The Balaban J connectivity index is 1.29. The van der Waals surface area contributed by atoms with Gasteiger partial charge in [0.2, 0.25) is 10.8 Å². The number of piperidine rings is 1. The summed E-state index contributed by atoms with van der Waals surface area (Å²) < 4.78 is 17.5. The molecule has 36 heavy (non-hydrogen) atoms. The molecule has 3 fully saturated rings. The Morgan fingerprint density at radius 2 is 1.72 bits per heavy atom. The molecule has 190 valence electrons. The second kappa shape index (κ2) is 9.37. The molecule has 0 radical (unpaired) electrons. The van der Waals surface area contributed by atoms with Crippen LogP contribution in [0.5, 0.6) is 5.75 Å². The highest BCUT2D eigenvalue weighted by atomic mass is 32.2. The Labute approximate surface area is 215 Å². The predicted octanol–water partition coefficient (Wildman–Crippen LogP) is 3.55. The molecule has 0 unspecified atom stereocenters. The van der Waals surface area contributed by atoms with E-state index in [0.29, 0.717) is 32.2 Å². The fourth-order valence-corrected chi connectivity index (χ4v) is 6.99. The van der Waals surface area contributed by atoms with Gasteiger partial charge >= 0.3 is 0 Å². The maximum atomic E-state index is 14.3. The van der Waals surface area contributed by atoms with E-state index < -0.39 is 10.7 Å². The number of thioether (sulfide) groups is 1. The van der Waals surface area contributed by atoms with Crippen molar-refractivity contribution >= 4 is 35.0 Å². The van der Waals surface area contributed by atoms with Crippen molar-refractivity contribution in [2.24, 2.45) is 0 Å². The molecule has 4 aliphatic rings. The number of hydrogen-bond acceptors (Lipinski definition) is 7. The highest BCUT2D eigenvalue weighted by Crippen LogP contribution is 2.55. The van der Waals surface area contributed by atoms with Crippen LogP contribution < -0.4 is 14.5 Å². The van der Waals surface area contributed by atoms with Crippen LogP contribution in [0, 0.1) is 0 Å².